The van der Waals surface area contributed by atoms with Gasteiger partial charge in [0.25, 0.3) is 0 Å². The summed E-state index contributed by atoms with van der Waals surface area (Å²) in [5.41, 5.74) is 0.829. The zero-order valence-corrected chi connectivity index (χ0v) is 18.4. The Labute approximate surface area is 181 Å². The van der Waals surface area contributed by atoms with Gasteiger partial charge >= 0.3 is 0 Å². The van der Waals surface area contributed by atoms with Gasteiger partial charge in [0, 0.05) is 13.6 Å². The molecule has 3 unspecified atom stereocenters. The number of imide groups is 1. The predicted molar refractivity (Wildman–Crippen MR) is 113 cm³/mol. The van der Waals surface area contributed by atoms with Crippen LogP contribution < -0.4 is 0 Å². The van der Waals surface area contributed by atoms with E-state index in [1.165, 1.54) is 4.90 Å². The number of hydrogen-bond donors (Lipinski definition) is 0. The number of likely N-dealkylation sites (N-methyl/N-ethyl adjacent to an activating group) is 1. The molecule has 2 aliphatic rings. The third-order valence-electron chi connectivity index (χ3n) is 5.61. The smallest absolute Gasteiger partial charge is 0.245 e. The van der Waals surface area contributed by atoms with Crippen molar-refractivity contribution in [2.24, 2.45) is 17.8 Å². The first-order valence-electron chi connectivity index (χ1n) is 9.91. The molecule has 0 aromatic heterocycles. The maximum Gasteiger partial charge on any atom is 0.245 e. The van der Waals surface area contributed by atoms with Crippen LogP contribution in [0.2, 0.25) is 10.0 Å². The molecule has 1 saturated heterocycles. The Balaban J connectivity index is 1.82. The molecule has 3 amide bonds. The number of halogens is 2. The number of rotatable bonds is 6. The number of benzene rings is 1. The molecule has 0 radical (unpaired) electrons. The number of carbonyl (C=O) groups excluding carboxylic acids is 3. The molecule has 1 aromatic rings. The molecule has 5 nitrogen and oxygen atoms in total. The van der Waals surface area contributed by atoms with Crippen molar-refractivity contribution in [1.82, 2.24) is 9.80 Å². The summed E-state index contributed by atoms with van der Waals surface area (Å²) in [5, 5.41) is 0.872. The van der Waals surface area contributed by atoms with Crippen molar-refractivity contribution in [3.8, 4) is 0 Å². The van der Waals surface area contributed by atoms with Crippen LogP contribution in [0.1, 0.15) is 38.7 Å². The monoisotopic (exact) mass is 436 g/mol. The summed E-state index contributed by atoms with van der Waals surface area (Å²) in [4.78, 5) is 42.1. The number of hydrogen-bond acceptors (Lipinski definition) is 3. The van der Waals surface area contributed by atoms with E-state index in [2.05, 4.69) is 0 Å². The lowest BCUT2D eigenvalue weighted by molar-refractivity contribution is -0.152. The summed E-state index contributed by atoms with van der Waals surface area (Å²) in [6, 6.07) is 4.43. The number of nitrogens with zero attached hydrogens (tertiary/aromatic N) is 2. The maximum absolute atomic E-state index is 13.3. The molecule has 156 valence electrons. The SMILES string of the molecule is CC(C)CC(C(=O)N(C)Cc1ccc(Cl)c(Cl)c1)N1C(=O)C2CC=CCC2C1=O. The average molecular weight is 437 g/mol. The molecule has 0 N–H and O–H groups in total. The first-order valence-corrected chi connectivity index (χ1v) is 10.7. The largest absolute Gasteiger partial charge is 0.340 e. The van der Waals surface area contributed by atoms with Crippen LogP contribution in [0.15, 0.2) is 30.4 Å². The molecule has 1 aliphatic heterocycles. The van der Waals surface area contributed by atoms with Gasteiger partial charge in [0.15, 0.2) is 0 Å². The van der Waals surface area contributed by atoms with Gasteiger partial charge in [-0.1, -0.05) is 55.3 Å². The number of likely N-dealkylation sites (tertiary alicyclic amines) is 1. The first-order chi connectivity index (χ1) is 13.7. The Bertz CT molecular complexity index is 826. The molecule has 0 spiro atoms. The quantitative estimate of drug-likeness (QED) is 0.492. The molecule has 3 atom stereocenters. The van der Waals surface area contributed by atoms with Gasteiger partial charge in [-0.15, -0.1) is 0 Å². The van der Waals surface area contributed by atoms with Gasteiger partial charge in [-0.05, 0) is 42.9 Å². The normalized spacial score (nSPS) is 22.2. The van der Waals surface area contributed by atoms with E-state index in [-0.39, 0.29) is 35.5 Å². The molecule has 0 bridgehead atoms. The summed E-state index contributed by atoms with van der Waals surface area (Å²) in [5.74, 6) is -1.19. The lowest BCUT2D eigenvalue weighted by Gasteiger charge is -2.31. The van der Waals surface area contributed by atoms with E-state index in [1.807, 2.05) is 32.1 Å². The highest BCUT2D eigenvalue weighted by Crippen LogP contribution is 2.37. The highest BCUT2D eigenvalue weighted by Gasteiger charge is 2.51. The third-order valence-corrected chi connectivity index (χ3v) is 6.35. The molecule has 0 saturated carbocycles. The van der Waals surface area contributed by atoms with E-state index in [9.17, 15) is 14.4 Å². The minimum Gasteiger partial charge on any atom is -0.340 e. The van der Waals surface area contributed by atoms with Crippen LogP contribution in [0.25, 0.3) is 0 Å². The summed E-state index contributed by atoms with van der Waals surface area (Å²) in [6.45, 7) is 4.28. The van der Waals surface area contributed by atoms with Gasteiger partial charge in [-0.25, -0.2) is 0 Å². The van der Waals surface area contributed by atoms with Gasteiger partial charge in [0.1, 0.15) is 6.04 Å². The summed E-state index contributed by atoms with van der Waals surface area (Å²) < 4.78 is 0. The molecule has 1 heterocycles. The molecule has 1 aliphatic carbocycles. The highest BCUT2D eigenvalue weighted by molar-refractivity contribution is 6.42. The Hall–Kier alpha value is -1.85. The Morgan fingerprint density at radius 2 is 1.69 bits per heavy atom. The van der Waals surface area contributed by atoms with Crippen LogP contribution in [0.4, 0.5) is 0 Å². The number of fused-ring (bicyclic) bond motifs is 1. The zero-order valence-electron chi connectivity index (χ0n) is 16.9. The molecular formula is C22H26Cl2N2O3. The fourth-order valence-electron chi connectivity index (χ4n) is 4.14. The van der Waals surface area contributed by atoms with Crippen molar-refractivity contribution in [3.05, 3.63) is 46.0 Å². The Morgan fingerprint density at radius 1 is 1.10 bits per heavy atom. The second-order valence-electron chi connectivity index (χ2n) is 8.29. The number of carbonyl (C=O) groups is 3. The molecule has 3 rings (SSSR count). The van der Waals surface area contributed by atoms with E-state index in [4.69, 9.17) is 23.2 Å². The van der Waals surface area contributed by atoms with Crippen LogP contribution in [-0.2, 0) is 20.9 Å². The second kappa shape index (κ2) is 8.88. The van der Waals surface area contributed by atoms with Gasteiger partial charge < -0.3 is 4.90 Å². The van der Waals surface area contributed by atoms with E-state index >= 15 is 0 Å². The van der Waals surface area contributed by atoms with E-state index < -0.39 is 6.04 Å². The van der Waals surface area contributed by atoms with Crippen LogP contribution in [0.5, 0.6) is 0 Å². The molecule has 1 fully saturated rings. The summed E-state index contributed by atoms with van der Waals surface area (Å²) in [6.07, 6.45) is 5.47. The van der Waals surface area contributed by atoms with Crippen molar-refractivity contribution in [2.75, 3.05) is 7.05 Å². The van der Waals surface area contributed by atoms with E-state index in [0.29, 0.717) is 35.9 Å². The van der Waals surface area contributed by atoms with Gasteiger partial charge in [-0.3, -0.25) is 19.3 Å². The Morgan fingerprint density at radius 3 is 2.21 bits per heavy atom. The van der Waals surface area contributed by atoms with Crippen LogP contribution in [0, 0.1) is 17.8 Å². The fraction of sp³-hybridized carbons (Fsp3) is 0.500. The Kier molecular flexibility index (Phi) is 6.69. The lowest BCUT2D eigenvalue weighted by atomic mass is 9.85. The molecule has 29 heavy (non-hydrogen) atoms. The lowest BCUT2D eigenvalue weighted by Crippen LogP contribution is -2.50. The van der Waals surface area contributed by atoms with Gasteiger partial charge in [-0.2, -0.15) is 0 Å². The maximum atomic E-state index is 13.3. The van der Waals surface area contributed by atoms with E-state index in [0.717, 1.165) is 5.56 Å². The van der Waals surface area contributed by atoms with Crippen LogP contribution in [0.3, 0.4) is 0 Å². The number of amides is 3. The molecular weight excluding hydrogens is 411 g/mol. The topological polar surface area (TPSA) is 57.7 Å². The second-order valence-corrected chi connectivity index (χ2v) is 9.10. The average Bonchev–Trinajstić information content (AvgIpc) is 2.93. The molecule has 1 aromatic carbocycles. The van der Waals surface area contributed by atoms with Crippen molar-refractivity contribution in [1.29, 1.82) is 0 Å². The minimum absolute atomic E-state index is 0.156. The third kappa shape index (κ3) is 4.51. The minimum atomic E-state index is -0.784. The standard InChI is InChI=1S/C22H26Cl2N2O3/c1-13(2)10-19(26-20(27)15-6-4-5-7-16(15)21(26)28)22(29)25(3)12-14-8-9-17(23)18(24)11-14/h4-5,8-9,11,13,15-16,19H,6-7,10,12H2,1-3H3. The van der Waals surface area contributed by atoms with Gasteiger partial charge in [0.05, 0.1) is 21.9 Å². The summed E-state index contributed by atoms with van der Waals surface area (Å²) >= 11 is 12.0. The highest BCUT2D eigenvalue weighted by atomic mass is 35.5. The van der Waals surface area contributed by atoms with E-state index in [1.54, 1.807) is 24.1 Å². The van der Waals surface area contributed by atoms with Crippen LogP contribution >= 0.6 is 23.2 Å². The van der Waals surface area contributed by atoms with Crippen molar-refractivity contribution in [2.45, 2.75) is 45.7 Å². The fourth-order valence-corrected chi connectivity index (χ4v) is 4.46. The molecule has 7 heteroatoms. The van der Waals surface area contributed by atoms with Gasteiger partial charge in [0.2, 0.25) is 17.7 Å². The van der Waals surface area contributed by atoms with Crippen molar-refractivity contribution in [3.63, 3.8) is 0 Å². The summed E-state index contributed by atoms with van der Waals surface area (Å²) in [7, 11) is 1.68. The first kappa shape index (κ1) is 21.8. The van der Waals surface area contributed by atoms with Crippen LogP contribution in [-0.4, -0.2) is 40.6 Å². The van der Waals surface area contributed by atoms with Crippen molar-refractivity contribution < 1.29 is 14.4 Å². The predicted octanol–water partition coefficient (Wildman–Crippen LogP) is 4.32. The zero-order chi connectivity index (χ0) is 21.3. The number of allylic oxidation sites excluding steroid dienone is 2. The van der Waals surface area contributed by atoms with Crippen molar-refractivity contribution >= 4 is 40.9 Å².